The van der Waals surface area contributed by atoms with Gasteiger partial charge in [0, 0.05) is 25.3 Å². The number of H-pyrrole nitrogens is 1. The lowest BCUT2D eigenvalue weighted by Gasteiger charge is -2.14. The van der Waals surface area contributed by atoms with E-state index in [4.69, 9.17) is 0 Å². The van der Waals surface area contributed by atoms with Crippen LogP contribution in [0.2, 0.25) is 0 Å². The molecule has 2 aromatic rings. The summed E-state index contributed by atoms with van der Waals surface area (Å²) in [5.74, 6) is 1.02. The maximum absolute atomic E-state index is 12.0. The van der Waals surface area contributed by atoms with Gasteiger partial charge in [-0.2, -0.15) is 5.10 Å². The summed E-state index contributed by atoms with van der Waals surface area (Å²) in [5, 5.41) is 3.99. The minimum absolute atomic E-state index is 0.266. The van der Waals surface area contributed by atoms with Crippen molar-refractivity contribution in [2.75, 3.05) is 18.8 Å². The summed E-state index contributed by atoms with van der Waals surface area (Å²) in [7, 11) is 0. The Kier molecular flexibility index (Phi) is 4.55. The summed E-state index contributed by atoms with van der Waals surface area (Å²) >= 11 is 1.61. The molecule has 1 N–H and O–H groups in total. The Bertz CT molecular complexity index is 593. The van der Waals surface area contributed by atoms with Crippen LogP contribution in [0.4, 0.5) is 0 Å². The van der Waals surface area contributed by atoms with Crippen molar-refractivity contribution in [1.82, 2.24) is 15.0 Å². The quantitative estimate of drug-likeness (QED) is 0.677. The lowest BCUT2D eigenvalue weighted by atomic mass is 10.3. The van der Waals surface area contributed by atoms with Gasteiger partial charge in [0.1, 0.15) is 0 Å². The number of thioether (sulfide) groups is 1. The van der Waals surface area contributed by atoms with E-state index in [1.807, 2.05) is 39.9 Å². The second-order valence-electron chi connectivity index (χ2n) is 5.03. The van der Waals surface area contributed by atoms with Crippen molar-refractivity contribution in [3.63, 3.8) is 0 Å². The third-order valence-corrected chi connectivity index (χ3v) is 4.53. The molecule has 0 spiro atoms. The maximum Gasteiger partial charge on any atom is 0.385 e. The van der Waals surface area contributed by atoms with E-state index in [1.165, 1.54) is 0 Å². The monoisotopic (exact) mass is 303 g/mol. The Labute approximate surface area is 128 Å². The molecule has 0 saturated carbocycles. The molecule has 1 aromatic heterocycles. The third kappa shape index (κ3) is 3.44. The van der Waals surface area contributed by atoms with Gasteiger partial charge in [0.2, 0.25) is 12.2 Å². The van der Waals surface area contributed by atoms with E-state index in [-0.39, 0.29) is 5.91 Å². The first-order valence-corrected chi connectivity index (χ1v) is 8.24. The van der Waals surface area contributed by atoms with Crippen molar-refractivity contribution < 1.29 is 9.48 Å². The molecule has 1 aromatic carbocycles. The van der Waals surface area contributed by atoms with E-state index in [2.05, 4.69) is 10.1 Å². The molecule has 1 fully saturated rings. The van der Waals surface area contributed by atoms with Gasteiger partial charge in [0.05, 0.1) is 0 Å². The number of hydrogen-bond acceptors (Lipinski definition) is 3. The Morgan fingerprint density at radius 3 is 2.81 bits per heavy atom. The molecule has 6 heteroatoms. The minimum Gasteiger partial charge on any atom is -0.343 e. The van der Waals surface area contributed by atoms with Gasteiger partial charge in [-0.3, -0.25) is 4.79 Å². The van der Waals surface area contributed by atoms with Crippen LogP contribution in [0.15, 0.2) is 41.8 Å². The lowest BCUT2D eigenvalue weighted by Crippen LogP contribution is -2.34. The number of carbonyl (C=O) groups is 1. The highest BCUT2D eigenvalue weighted by Gasteiger charge is 2.20. The van der Waals surface area contributed by atoms with Gasteiger partial charge in [-0.25, -0.2) is 0 Å². The summed E-state index contributed by atoms with van der Waals surface area (Å²) in [6, 6.07) is 10.0. The predicted octanol–water partition coefficient (Wildman–Crippen LogP) is 1.79. The fraction of sp³-hybridized carbons (Fsp3) is 0.400. The van der Waals surface area contributed by atoms with Crippen LogP contribution in [0.25, 0.3) is 5.69 Å². The van der Waals surface area contributed by atoms with Gasteiger partial charge in [-0.15, -0.1) is 4.68 Å². The molecule has 0 unspecified atom stereocenters. The van der Waals surface area contributed by atoms with Crippen molar-refractivity contribution >= 4 is 17.7 Å². The molecule has 0 bridgehead atoms. The molecule has 5 nitrogen and oxygen atoms in total. The molecule has 0 atom stereocenters. The van der Waals surface area contributed by atoms with Crippen molar-refractivity contribution in [3.8, 4) is 5.69 Å². The molecule has 0 aliphatic carbocycles. The van der Waals surface area contributed by atoms with Crippen LogP contribution in [0.1, 0.15) is 19.3 Å². The summed E-state index contributed by atoms with van der Waals surface area (Å²) in [6.45, 7) is 1.85. The van der Waals surface area contributed by atoms with Crippen molar-refractivity contribution in [1.29, 1.82) is 0 Å². The third-order valence-electron chi connectivity index (χ3n) is 3.57. The smallest absolute Gasteiger partial charge is 0.343 e. The summed E-state index contributed by atoms with van der Waals surface area (Å²) < 4.78 is 1.94. The first-order chi connectivity index (χ1) is 10.3. The summed E-state index contributed by atoms with van der Waals surface area (Å²) in [5.41, 5.74) is 1.04. The minimum atomic E-state index is 0.266. The molecule has 1 amide bonds. The van der Waals surface area contributed by atoms with Gasteiger partial charge >= 0.3 is 5.16 Å². The topological polar surface area (TPSA) is 52.9 Å². The molecule has 110 valence electrons. The average Bonchev–Trinajstić information content (AvgIpc) is 3.20. The van der Waals surface area contributed by atoms with Crippen LogP contribution in [0, 0.1) is 0 Å². The Hall–Kier alpha value is -1.82. The van der Waals surface area contributed by atoms with Gasteiger partial charge in [-0.05, 0) is 41.7 Å². The number of para-hydroxylation sites is 1. The second kappa shape index (κ2) is 6.76. The molecule has 21 heavy (non-hydrogen) atoms. The van der Waals surface area contributed by atoms with Crippen LogP contribution in [-0.2, 0) is 4.79 Å². The fourth-order valence-electron chi connectivity index (χ4n) is 2.47. The van der Waals surface area contributed by atoms with E-state index in [0.29, 0.717) is 6.42 Å². The predicted molar refractivity (Wildman–Crippen MR) is 81.3 cm³/mol. The van der Waals surface area contributed by atoms with Crippen LogP contribution < -0.4 is 4.68 Å². The SMILES string of the molecule is O=C(CCSc1nc[nH][n+]1-c1ccccc1)N1CCCC1. The second-order valence-corrected chi connectivity index (χ2v) is 6.09. The average molecular weight is 303 g/mol. The zero-order valence-corrected chi connectivity index (χ0v) is 12.7. The number of aromatic nitrogens is 3. The van der Waals surface area contributed by atoms with E-state index in [9.17, 15) is 4.79 Å². The number of nitrogens with zero attached hydrogens (tertiary/aromatic N) is 3. The summed E-state index contributed by atoms with van der Waals surface area (Å²) in [4.78, 5) is 18.3. The molecule has 2 heterocycles. The molecule has 1 aliphatic heterocycles. The van der Waals surface area contributed by atoms with E-state index in [0.717, 1.165) is 42.5 Å². The number of amides is 1. The standard InChI is InChI=1S/C15H18N4OS/c20-14(18-9-4-5-10-18)8-11-21-15-16-12-17-19(15)13-6-2-1-3-7-13/h1-3,6-7,12H,4-5,8-11H2/p+1. The number of carbonyl (C=O) groups excluding carboxylic acids is 1. The number of hydrogen-bond donors (Lipinski definition) is 1. The highest BCUT2D eigenvalue weighted by molar-refractivity contribution is 7.99. The van der Waals surface area contributed by atoms with Crippen LogP contribution in [-0.4, -0.2) is 39.7 Å². The van der Waals surface area contributed by atoms with E-state index < -0.39 is 0 Å². The number of likely N-dealkylation sites (tertiary alicyclic amines) is 1. The molecule has 3 rings (SSSR count). The zero-order chi connectivity index (χ0) is 14.5. The highest BCUT2D eigenvalue weighted by Crippen LogP contribution is 2.15. The van der Waals surface area contributed by atoms with Crippen molar-refractivity contribution in [2.24, 2.45) is 0 Å². The maximum atomic E-state index is 12.0. The number of rotatable bonds is 5. The van der Waals surface area contributed by atoms with Gasteiger partial charge < -0.3 is 4.90 Å². The Balaban J connectivity index is 1.56. The van der Waals surface area contributed by atoms with Gasteiger partial charge in [0.15, 0.2) is 5.69 Å². The van der Waals surface area contributed by atoms with Crippen LogP contribution in [0.3, 0.4) is 0 Å². The number of aromatic amines is 1. The molecule has 0 radical (unpaired) electrons. The van der Waals surface area contributed by atoms with Gasteiger partial charge in [-0.1, -0.05) is 18.2 Å². The number of benzene rings is 1. The Morgan fingerprint density at radius 1 is 1.29 bits per heavy atom. The normalized spacial score (nSPS) is 14.6. The van der Waals surface area contributed by atoms with Crippen LogP contribution >= 0.6 is 11.8 Å². The highest BCUT2D eigenvalue weighted by atomic mass is 32.2. The first-order valence-electron chi connectivity index (χ1n) is 7.26. The van der Waals surface area contributed by atoms with Gasteiger partial charge in [0.25, 0.3) is 0 Å². The molecule has 1 saturated heterocycles. The largest absolute Gasteiger partial charge is 0.385 e. The molecular formula is C15H19N4OS+. The Morgan fingerprint density at radius 2 is 2.05 bits per heavy atom. The van der Waals surface area contributed by atoms with E-state index in [1.54, 1.807) is 18.1 Å². The van der Waals surface area contributed by atoms with E-state index >= 15 is 0 Å². The van der Waals surface area contributed by atoms with Crippen molar-refractivity contribution in [2.45, 2.75) is 24.4 Å². The molecular weight excluding hydrogens is 284 g/mol. The van der Waals surface area contributed by atoms with Crippen LogP contribution in [0.5, 0.6) is 0 Å². The number of nitrogens with one attached hydrogen (secondary N) is 1. The first kappa shape index (κ1) is 14.1. The fourth-order valence-corrected chi connectivity index (χ4v) is 3.35. The summed E-state index contributed by atoms with van der Waals surface area (Å²) in [6.07, 6.45) is 4.54. The molecule has 1 aliphatic rings. The van der Waals surface area contributed by atoms with Crippen molar-refractivity contribution in [3.05, 3.63) is 36.7 Å². The lowest BCUT2D eigenvalue weighted by molar-refractivity contribution is -0.694. The zero-order valence-electron chi connectivity index (χ0n) is 11.9.